The second-order valence-corrected chi connectivity index (χ2v) is 6.41. The number of nitro groups is 1. The number of carbonyl (C=O) groups excluding carboxylic acids is 3. The van der Waals surface area contributed by atoms with Crippen LogP contribution in [0.3, 0.4) is 0 Å². The van der Waals surface area contributed by atoms with E-state index in [4.69, 9.17) is 0 Å². The maximum atomic E-state index is 12.6. The molecule has 2 N–H and O–H groups in total. The Morgan fingerprint density at radius 2 is 1.45 bits per heavy atom. The van der Waals surface area contributed by atoms with E-state index in [0.29, 0.717) is 16.8 Å². The van der Waals surface area contributed by atoms with Gasteiger partial charge in [0.2, 0.25) is 5.91 Å². The fourth-order valence-electron chi connectivity index (χ4n) is 2.81. The van der Waals surface area contributed by atoms with Crippen LogP contribution < -0.4 is 10.6 Å². The summed E-state index contributed by atoms with van der Waals surface area (Å²) in [5.74, 6) is -1.39. The Labute approximate surface area is 177 Å². The van der Waals surface area contributed by atoms with Crippen molar-refractivity contribution in [2.75, 3.05) is 10.6 Å². The molecule has 0 aliphatic heterocycles. The first-order valence-corrected chi connectivity index (χ1v) is 9.12. The highest BCUT2D eigenvalue weighted by atomic mass is 16.6. The zero-order valence-corrected chi connectivity index (χ0v) is 16.2. The number of ketones is 1. The summed E-state index contributed by atoms with van der Waals surface area (Å²) in [5, 5.41) is 16.4. The number of carbonyl (C=O) groups is 3. The van der Waals surface area contributed by atoms with Crippen LogP contribution in [0.15, 0.2) is 85.5 Å². The van der Waals surface area contributed by atoms with Crippen LogP contribution >= 0.6 is 0 Å². The van der Waals surface area contributed by atoms with E-state index in [1.165, 1.54) is 12.1 Å². The average Bonchev–Trinajstić information content (AvgIpc) is 2.79. The molecule has 8 heteroatoms. The van der Waals surface area contributed by atoms with E-state index in [1.807, 2.05) is 6.07 Å². The molecule has 8 nitrogen and oxygen atoms in total. The molecule has 0 unspecified atom stereocenters. The minimum absolute atomic E-state index is 0.161. The molecular formula is C23H17N3O5. The molecule has 2 amide bonds. The van der Waals surface area contributed by atoms with Gasteiger partial charge < -0.3 is 10.6 Å². The summed E-state index contributed by atoms with van der Waals surface area (Å²) in [6, 6.07) is 18.7. The summed E-state index contributed by atoms with van der Waals surface area (Å²) in [7, 11) is 0. The standard InChI is InChI=1S/C23H17N3O5/c1-2-21(27)24-18-12-13-19(20(14-18)26(30)31)23(29)25-17-10-8-16(9-11-17)22(28)15-6-4-3-5-7-15/h2-14H,1H2,(H,24,27)(H,25,29). The number of amides is 2. The third-order valence-corrected chi connectivity index (χ3v) is 4.33. The van der Waals surface area contributed by atoms with Crippen LogP contribution in [0.2, 0.25) is 0 Å². The van der Waals surface area contributed by atoms with Gasteiger partial charge in [0.1, 0.15) is 5.56 Å². The molecule has 0 saturated heterocycles. The number of nitrogens with zero attached hydrogens (tertiary/aromatic N) is 1. The van der Waals surface area contributed by atoms with Gasteiger partial charge in [-0.05, 0) is 42.5 Å². The first-order chi connectivity index (χ1) is 14.9. The van der Waals surface area contributed by atoms with E-state index < -0.39 is 22.4 Å². The molecule has 0 fully saturated rings. The van der Waals surface area contributed by atoms with Gasteiger partial charge in [-0.1, -0.05) is 36.9 Å². The molecule has 0 radical (unpaired) electrons. The van der Waals surface area contributed by atoms with Gasteiger partial charge in [-0.15, -0.1) is 0 Å². The summed E-state index contributed by atoms with van der Waals surface area (Å²) in [6.45, 7) is 3.31. The highest BCUT2D eigenvalue weighted by Crippen LogP contribution is 2.25. The lowest BCUT2D eigenvalue weighted by Gasteiger charge is -2.09. The lowest BCUT2D eigenvalue weighted by Crippen LogP contribution is -2.15. The van der Waals surface area contributed by atoms with Crippen molar-refractivity contribution >= 4 is 34.7 Å². The van der Waals surface area contributed by atoms with Crippen molar-refractivity contribution in [3.63, 3.8) is 0 Å². The smallest absolute Gasteiger partial charge is 0.284 e. The maximum Gasteiger partial charge on any atom is 0.284 e. The molecule has 0 atom stereocenters. The van der Waals surface area contributed by atoms with Crippen molar-refractivity contribution in [2.24, 2.45) is 0 Å². The molecule has 0 aromatic heterocycles. The molecule has 0 aliphatic carbocycles. The van der Waals surface area contributed by atoms with E-state index >= 15 is 0 Å². The van der Waals surface area contributed by atoms with E-state index in [1.54, 1.807) is 48.5 Å². The minimum Gasteiger partial charge on any atom is -0.322 e. The van der Waals surface area contributed by atoms with Crippen LogP contribution in [0.25, 0.3) is 0 Å². The Morgan fingerprint density at radius 3 is 2.06 bits per heavy atom. The quantitative estimate of drug-likeness (QED) is 0.259. The number of rotatable bonds is 7. The Hall–Kier alpha value is -4.59. The molecule has 154 valence electrons. The fraction of sp³-hybridized carbons (Fsp3) is 0. The van der Waals surface area contributed by atoms with Gasteiger partial charge in [0.05, 0.1) is 4.92 Å². The van der Waals surface area contributed by atoms with Crippen LogP contribution in [0.4, 0.5) is 17.1 Å². The molecule has 3 aromatic carbocycles. The third-order valence-electron chi connectivity index (χ3n) is 4.33. The van der Waals surface area contributed by atoms with Crippen molar-refractivity contribution in [1.29, 1.82) is 0 Å². The molecule has 3 rings (SSSR count). The van der Waals surface area contributed by atoms with E-state index in [2.05, 4.69) is 17.2 Å². The Balaban J connectivity index is 1.78. The Kier molecular flexibility index (Phi) is 6.32. The molecule has 0 bridgehead atoms. The lowest BCUT2D eigenvalue weighted by atomic mass is 10.0. The second kappa shape index (κ2) is 9.27. The van der Waals surface area contributed by atoms with Gasteiger partial charge in [-0.3, -0.25) is 24.5 Å². The summed E-state index contributed by atoms with van der Waals surface area (Å²) in [4.78, 5) is 47.1. The monoisotopic (exact) mass is 415 g/mol. The Morgan fingerprint density at radius 1 is 0.839 bits per heavy atom. The number of anilines is 2. The van der Waals surface area contributed by atoms with Crippen molar-refractivity contribution in [2.45, 2.75) is 0 Å². The van der Waals surface area contributed by atoms with Crippen LogP contribution in [0, 0.1) is 10.1 Å². The number of nitrogens with one attached hydrogen (secondary N) is 2. The summed E-state index contributed by atoms with van der Waals surface area (Å²) < 4.78 is 0. The topological polar surface area (TPSA) is 118 Å². The number of hydrogen-bond donors (Lipinski definition) is 2. The molecule has 0 aliphatic rings. The molecule has 0 saturated carbocycles. The number of hydrogen-bond acceptors (Lipinski definition) is 5. The molecule has 3 aromatic rings. The van der Waals surface area contributed by atoms with Crippen molar-refractivity contribution < 1.29 is 19.3 Å². The van der Waals surface area contributed by atoms with Crippen molar-refractivity contribution in [3.8, 4) is 0 Å². The van der Waals surface area contributed by atoms with Gasteiger partial charge in [0, 0.05) is 28.6 Å². The first kappa shape index (κ1) is 21.1. The second-order valence-electron chi connectivity index (χ2n) is 6.41. The Bertz CT molecular complexity index is 1170. The normalized spacial score (nSPS) is 10.1. The minimum atomic E-state index is -0.708. The largest absolute Gasteiger partial charge is 0.322 e. The van der Waals surface area contributed by atoms with E-state index in [9.17, 15) is 24.5 Å². The highest BCUT2D eigenvalue weighted by Gasteiger charge is 2.21. The van der Waals surface area contributed by atoms with Gasteiger partial charge in [0.15, 0.2) is 5.78 Å². The predicted molar refractivity (Wildman–Crippen MR) is 116 cm³/mol. The van der Waals surface area contributed by atoms with Crippen LogP contribution in [-0.2, 0) is 4.79 Å². The zero-order valence-electron chi connectivity index (χ0n) is 16.2. The van der Waals surface area contributed by atoms with Crippen LogP contribution in [0.1, 0.15) is 26.3 Å². The summed E-state index contributed by atoms with van der Waals surface area (Å²) in [5.41, 5.74) is 0.877. The highest BCUT2D eigenvalue weighted by molar-refractivity contribution is 6.10. The van der Waals surface area contributed by atoms with Gasteiger partial charge in [-0.2, -0.15) is 0 Å². The zero-order chi connectivity index (χ0) is 22.4. The summed E-state index contributed by atoms with van der Waals surface area (Å²) >= 11 is 0. The third kappa shape index (κ3) is 5.07. The number of nitro benzene ring substituents is 1. The maximum absolute atomic E-state index is 12.6. The van der Waals surface area contributed by atoms with Crippen LogP contribution in [-0.4, -0.2) is 22.5 Å². The van der Waals surface area contributed by atoms with Gasteiger partial charge in [-0.25, -0.2) is 0 Å². The van der Waals surface area contributed by atoms with Crippen molar-refractivity contribution in [3.05, 3.63) is 112 Å². The predicted octanol–water partition coefficient (Wildman–Crippen LogP) is 4.20. The van der Waals surface area contributed by atoms with E-state index in [0.717, 1.165) is 12.1 Å². The molecule has 0 heterocycles. The molecule has 31 heavy (non-hydrogen) atoms. The molecule has 0 spiro atoms. The average molecular weight is 415 g/mol. The van der Waals surface area contributed by atoms with Crippen molar-refractivity contribution in [1.82, 2.24) is 0 Å². The molecular weight excluding hydrogens is 398 g/mol. The lowest BCUT2D eigenvalue weighted by molar-refractivity contribution is -0.385. The first-order valence-electron chi connectivity index (χ1n) is 9.12. The SMILES string of the molecule is C=CC(=O)Nc1ccc(C(=O)Nc2ccc(C(=O)c3ccccc3)cc2)c([N+](=O)[O-])c1. The van der Waals surface area contributed by atoms with Gasteiger partial charge >= 0.3 is 0 Å². The van der Waals surface area contributed by atoms with E-state index in [-0.39, 0.29) is 17.0 Å². The van der Waals surface area contributed by atoms with Crippen LogP contribution in [0.5, 0.6) is 0 Å². The fourth-order valence-corrected chi connectivity index (χ4v) is 2.81. The number of benzene rings is 3. The van der Waals surface area contributed by atoms with Gasteiger partial charge in [0.25, 0.3) is 11.6 Å². The summed E-state index contributed by atoms with van der Waals surface area (Å²) in [6.07, 6.45) is 1.03.